The minimum Gasteiger partial charge on any atom is -0.506 e. The van der Waals surface area contributed by atoms with Crippen molar-refractivity contribution in [2.45, 2.75) is 6.61 Å². The summed E-state index contributed by atoms with van der Waals surface area (Å²) in [5.74, 6) is 0.469. The van der Waals surface area contributed by atoms with Crippen LogP contribution in [0.3, 0.4) is 0 Å². The monoisotopic (exact) mass is 334 g/mol. The SMILES string of the molecule is N#Cc1ccccc1OCc1ccc(C(=O)Nc2ccccc2O)o1. The van der Waals surface area contributed by atoms with Gasteiger partial charge in [-0.05, 0) is 36.4 Å². The minimum atomic E-state index is -0.481. The Morgan fingerprint density at radius 2 is 1.88 bits per heavy atom. The molecule has 0 aliphatic rings. The third kappa shape index (κ3) is 3.79. The van der Waals surface area contributed by atoms with Gasteiger partial charge in [0, 0.05) is 0 Å². The zero-order chi connectivity index (χ0) is 17.6. The maximum absolute atomic E-state index is 12.2. The molecule has 2 N–H and O–H groups in total. The summed E-state index contributed by atoms with van der Waals surface area (Å²) in [5.41, 5.74) is 0.719. The lowest BCUT2D eigenvalue weighted by Crippen LogP contribution is -2.10. The largest absolute Gasteiger partial charge is 0.506 e. The number of anilines is 1. The van der Waals surface area contributed by atoms with Gasteiger partial charge in [0.1, 0.15) is 29.9 Å². The number of nitrogens with zero attached hydrogens (tertiary/aromatic N) is 1. The fraction of sp³-hybridized carbons (Fsp3) is 0.0526. The fourth-order valence-corrected chi connectivity index (χ4v) is 2.17. The Morgan fingerprint density at radius 3 is 2.68 bits per heavy atom. The van der Waals surface area contributed by atoms with Crippen LogP contribution < -0.4 is 10.1 Å². The molecule has 6 nitrogen and oxygen atoms in total. The Bertz CT molecular complexity index is 940. The van der Waals surface area contributed by atoms with E-state index in [0.717, 1.165) is 0 Å². The normalized spacial score (nSPS) is 10.0. The average Bonchev–Trinajstić information content (AvgIpc) is 3.11. The summed E-state index contributed by atoms with van der Waals surface area (Å²) < 4.78 is 11.0. The lowest BCUT2D eigenvalue weighted by molar-refractivity contribution is 0.0992. The van der Waals surface area contributed by atoms with Crippen LogP contribution in [0.4, 0.5) is 5.69 Å². The summed E-state index contributed by atoms with van der Waals surface area (Å²) in [6.07, 6.45) is 0. The Kier molecular flexibility index (Phi) is 4.67. The van der Waals surface area contributed by atoms with Crippen molar-refractivity contribution in [3.05, 3.63) is 77.7 Å². The van der Waals surface area contributed by atoms with Crippen molar-refractivity contribution in [2.24, 2.45) is 0 Å². The number of phenolic OH excluding ortho intramolecular Hbond substituents is 1. The van der Waals surface area contributed by atoms with Gasteiger partial charge >= 0.3 is 0 Å². The van der Waals surface area contributed by atoms with E-state index in [9.17, 15) is 9.90 Å². The lowest BCUT2D eigenvalue weighted by atomic mass is 10.2. The molecule has 0 saturated carbocycles. The highest BCUT2D eigenvalue weighted by Crippen LogP contribution is 2.23. The highest BCUT2D eigenvalue weighted by Gasteiger charge is 2.13. The highest BCUT2D eigenvalue weighted by molar-refractivity contribution is 6.03. The first-order valence-corrected chi connectivity index (χ1v) is 7.47. The molecule has 1 aromatic heterocycles. The van der Waals surface area contributed by atoms with E-state index in [0.29, 0.717) is 22.8 Å². The van der Waals surface area contributed by atoms with Crippen LogP contribution in [0.2, 0.25) is 0 Å². The van der Waals surface area contributed by atoms with Crippen LogP contribution in [0.5, 0.6) is 11.5 Å². The van der Waals surface area contributed by atoms with Gasteiger partial charge in [-0.3, -0.25) is 4.79 Å². The smallest absolute Gasteiger partial charge is 0.291 e. The summed E-state index contributed by atoms with van der Waals surface area (Å²) in [6.45, 7) is 0.0859. The van der Waals surface area contributed by atoms with E-state index in [1.165, 1.54) is 12.1 Å². The van der Waals surface area contributed by atoms with Crippen LogP contribution in [0, 0.1) is 11.3 Å². The van der Waals surface area contributed by atoms with E-state index in [4.69, 9.17) is 14.4 Å². The summed E-state index contributed by atoms with van der Waals surface area (Å²) in [4.78, 5) is 12.2. The molecule has 0 saturated heterocycles. The van der Waals surface area contributed by atoms with Crippen molar-refractivity contribution in [1.82, 2.24) is 0 Å². The van der Waals surface area contributed by atoms with Gasteiger partial charge in [0.05, 0.1) is 11.3 Å². The van der Waals surface area contributed by atoms with Gasteiger partial charge in [-0.1, -0.05) is 24.3 Å². The van der Waals surface area contributed by atoms with Gasteiger partial charge in [0.15, 0.2) is 5.76 Å². The van der Waals surface area contributed by atoms with Crippen molar-refractivity contribution in [3.8, 4) is 17.6 Å². The van der Waals surface area contributed by atoms with E-state index in [1.807, 2.05) is 6.07 Å². The number of nitriles is 1. The van der Waals surface area contributed by atoms with Gasteiger partial charge in [0.25, 0.3) is 5.91 Å². The Labute approximate surface area is 143 Å². The zero-order valence-corrected chi connectivity index (χ0v) is 13.1. The molecule has 1 amide bonds. The van der Waals surface area contributed by atoms with Crippen molar-refractivity contribution in [3.63, 3.8) is 0 Å². The number of carbonyl (C=O) groups excluding carboxylic acids is 1. The predicted molar refractivity (Wildman–Crippen MR) is 90.3 cm³/mol. The van der Waals surface area contributed by atoms with Crippen LogP contribution in [-0.2, 0) is 6.61 Å². The van der Waals surface area contributed by atoms with Gasteiger partial charge in [-0.25, -0.2) is 0 Å². The molecule has 3 rings (SSSR count). The molecule has 124 valence electrons. The molecule has 0 unspecified atom stereocenters. The van der Waals surface area contributed by atoms with Gasteiger partial charge < -0.3 is 19.6 Å². The van der Waals surface area contributed by atoms with Crippen molar-refractivity contribution >= 4 is 11.6 Å². The molecule has 0 aliphatic heterocycles. The first-order valence-electron chi connectivity index (χ1n) is 7.47. The summed E-state index contributed by atoms with van der Waals surface area (Å²) >= 11 is 0. The lowest BCUT2D eigenvalue weighted by Gasteiger charge is -2.06. The number of nitrogens with one attached hydrogen (secondary N) is 1. The van der Waals surface area contributed by atoms with Crippen molar-refractivity contribution < 1.29 is 19.1 Å². The molecule has 25 heavy (non-hydrogen) atoms. The third-order valence-corrected chi connectivity index (χ3v) is 3.42. The molecule has 0 radical (unpaired) electrons. The number of phenols is 1. The van der Waals surface area contributed by atoms with Crippen LogP contribution in [0.25, 0.3) is 0 Å². The second kappa shape index (κ2) is 7.23. The Hall–Kier alpha value is -3.72. The molecular weight excluding hydrogens is 320 g/mol. The summed E-state index contributed by atoms with van der Waals surface area (Å²) in [7, 11) is 0. The topological polar surface area (TPSA) is 95.5 Å². The quantitative estimate of drug-likeness (QED) is 0.694. The molecule has 0 aliphatic carbocycles. The van der Waals surface area contributed by atoms with Crippen molar-refractivity contribution in [2.75, 3.05) is 5.32 Å². The first-order chi connectivity index (χ1) is 12.2. The molecule has 0 atom stereocenters. The molecule has 3 aromatic rings. The molecule has 0 spiro atoms. The van der Waals surface area contributed by atoms with E-state index in [1.54, 1.807) is 48.5 Å². The number of rotatable bonds is 5. The van der Waals surface area contributed by atoms with E-state index in [-0.39, 0.29) is 18.1 Å². The Balaban J connectivity index is 1.65. The third-order valence-electron chi connectivity index (χ3n) is 3.42. The summed E-state index contributed by atoms with van der Waals surface area (Å²) in [6, 6.07) is 18.5. The number of hydrogen-bond donors (Lipinski definition) is 2. The average molecular weight is 334 g/mol. The van der Waals surface area contributed by atoms with Crippen LogP contribution in [0.15, 0.2) is 65.1 Å². The molecule has 0 fully saturated rings. The number of ether oxygens (including phenoxy) is 1. The van der Waals surface area contributed by atoms with Gasteiger partial charge in [0.2, 0.25) is 0 Å². The standard InChI is InChI=1S/C19H14N2O4/c20-11-13-5-1-4-8-17(13)24-12-14-9-10-18(25-14)19(23)21-15-6-2-3-7-16(15)22/h1-10,22H,12H2,(H,21,23). The maximum Gasteiger partial charge on any atom is 0.291 e. The Morgan fingerprint density at radius 1 is 1.12 bits per heavy atom. The van der Waals surface area contributed by atoms with Crippen LogP contribution >= 0.6 is 0 Å². The molecule has 0 bridgehead atoms. The number of carbonyl (C=O) groups is 1. The van der Waals surface area contributed by atoms with Gasteiger partial charge in [-0.2, -0.15) is 5.26 Å². The number of para-hydroxylation sites is 3. The second-order valence-electron chi connectivity index (χ2n) is 5.13. The zero-order valence-electron chi connectivity index (χ0n) is 13.1. The predicted octanol–water partition coefficient (Wildman–Crippen LogP) is 3.69. The molecule has 6 heteroatoms. The number of furan rings is 1. The van der Waals surface area contributed by atoms with Crippen molar-refractivity contribution in [1.29, 1.82) is 5.26 Å². The summed E-state index contributed by atoms with van der Waals surface area (Å²) in [5, 5.41) is 21.3. The van der Waals surface area contributed by atoms with Crippen LogP contribution in [0.1, 0.15) is 21.9 Å². The number of amides is 1. The van der Waals surface area contributed by atoms with E-state index < -0.39 is 5.91 Å². The molecular formula is C19H14N2O4. The van der Waals surface area contributed by atoms with E-state index in [2.05, 4.69) is 5.32 Å². The fourth-order valence-electron chi connectivity index (χ4n) is 2.17. The van der Waals surface area contributed by atoms with Gasteiger partial charge in [-0.15, -0.1) is 0 Å². The van der Waals surface area contributed by atoms with E-state index >= 15 is 0 Å². The highest BCUT2D eigenvalue weighted by atomic mass is 16.5. The second-order valence-corrected chi connectivity index (χ2v) is 5.13. The molecule has 2 aromatic carbocycles. The first kappa shape index (κ1) is 16.1. The number of benzene rings is 2. The number of hydrogen-bond acceptors (Lipinski definition) is 5. The maximum atomic E-state index is 12.2. The van der Waals surface area contributed by atoms with Crippen LogP contribution in [-0.4, -0.2) is 11.0 Å². The number of aromatic hydroxyl groups is 1. The minimum absolute atomic E-state index is 0.0286. The molecule has 1 heterocycles.